The highest BCUT2D eigenvalue weighted by molar-refractivity contribution is 7.13. The van der Waals surface area contributed by atoms with Crippen LogP contribution in [0.1, 0.15) is 0 Å². The topological polar surface area (TPSA) is 38.7 Å². The van der Waals surface area contributed by atoms with E-state index >= 15 is 0 Å². The molecule has 2 aromatic heterocycles. The molecule has 0 N–H and O–H groups in total. The van der Waals surface area contributed by atoms with Crippen molar-refractivity contribution in [1.82, 2.24) is 15.0 Å². The Morgan fingerprint density at radius 3 is 2.69 bits per heavy atom. The molecule has 0 aliphatic rings. The van der Waals surface area contributed by atoms with Gasteiger partial charge >= 0.3 is 0 Å². The average molecular weight is 232 g/mol. The van der Waals surface area contributed by atoms with Gasteiger partial charge in [0, 0.05) is 17.6 Å². The van der Waals surface area contributed by atoms with Gasteiger partial charge in [0.1, 0.15) is 15.9 Å². The van der Waals surface area contributed by atoms with Gasteiger partial charge in [-0.3, -0.25) is 0 Å². The smallest absolute Gasteiger partial charge is 0.224 e. The lowest BCUT2D eigenvalue weighted by atomic mass is 10.4. The summed E-state index contributed by atoms with van der Waals surface area (Å²) in [6, 6.07) is 1.63. The summed E-state index contributed by atoms with van der Waals surface area (Å²) in [4.78, 5) is 11.8. The summed E-state index contributed by atoms with van der Waals surface area (Å²) in [5, 5.41) is 3.10. The van der Waals surface area contributed by atoms with Crippen LogP contribution in [-0.4, -0.2) is 15.0 Å². The number of nitrogens with zero attached hydrogens (tertiary/aromatic N) is 3. The Labute approximate surface area is 88.4 Å². The van der Waals surface area contributed by atoms with Crippen LogP contribution in [0, 0.1) is 0 Å². The molecule has 3 nitrogen and oxygen atoms in total. The molecule has 2 aromatic rings. The van der Waals surface area contributed by atoms with Gasteiger partial charge in [0.05, 0.1) is 0 Å². The highest BCUT2D eigenvalue weighted by Gasteiger charge is 2.05. The first-order valence-electron chi connectivity index (χ1n) is 3.35. The minimum absolute atomic E-state index is 0.137. The van der Waals surface area contributed by atoms with Crippen LogP contribution in [0.15, 0.2) is 17.6 Å². The van der Waals surface area contributed by atoms with E-state index in [9.17, 15) is 0 Å². The Morgan fingerprint density at radius 2 is 2.08 bits per heavy atom. The fourth-order valence-electron chi connectivity index (χ4n) is 0.849. The van der Waals surface area contributed by atoms with Gasteiger partial charge in [-0.2, -0.15) is 0 Å². The second kappa shape index (κ2) is 3.57. The molecule has 0 atom stereocenters. The minimum atomic E-state index is 0.137. The van der Waals surface area contributed by atoms with Crippen molar-refractivity contribution in [2.24, 2.45) is 0 Å². The SMILES string of the molecule is Clc1cc(-c2nccs2)nc(Cl)n1. The van der Waals surface area contributed by atoms with Crippen molar-refractivity contribution in [3.8, 4) is 10.7 Å². The van der Waals surface area contributed by atoms with Crippen molar-refractivity contribution in [2.75, 3.05) is 0 Å². The highest BCUT2D eigenvalue weighted by Crippen LogP contribution is 2.22. The standard InChI is InChI=1S/C7H3Cl2N3S/c8-5-3-4(11-7(9)12-5)6-10-1-2-13-6/h1-3H. The van der Waals surface area contributed by atoms with E-state index in [1.807, 2.05) is 5.38 Å². The molecule has 0 unspecified atom stereocenters. The lowest BCUT2D eigenvalue weighted by Crippen LogP contribution is -1.87. The van der Waals surface area contributed by atoms with Crippen LogP contribution in [0.3, 0.4) is 0 Å². The molecule has 0 saturated heterocycles. The van der Waals surface area contributed by atoms with Crippen LogP contribution in [-0.2, 0) is 0 Å². The number of aromatic nitrogens is 3. The molecule has 13 heavy (non-hydrogen) atoms. The lowest BCUT2D eigenvalue weighted by molar-refractivity contribution is 1.17. The van der Waals surface area contributed by atoms with Crippen LogP contribution < -0.4 is 0 Å². The zero-order valence-corrected chi connectivity index (χ0v) is 8.57. The maximum atomic E-state index is 5.71. The van der Waals surface area contributed by atoms with E-state index in [4.69, 9.17) is 23.2 Å². The first kappa shape index (κ1) is 8.87. The summed E-state index contributed by atoms with van der Waals surface area (Å²) in [5.41, 5.74) is 0.653. The molecule has 0 aromatic carbocycles. The Hall–Kier alpha value is -0.710. The van der Waals surface area contributed by atoms with Gasteiger partial charge in [-0.05, 0) is 11.6 Å². The summed E-state index contributed by atoms with van der Waals surface area (Å²) >= 11 is 12.8. The van der Waals surface area contributed by atoms with E-state index in [0.717, 1.165) is 5.01 Å². The number of thiazole rings is 1. The Kier molecular flexibility index (Phi) is 2.44. The number of halogens is 2. The van der Waals surface area contributed by atoms with E-state index in [-0.39, 0.29) is 5.28 Å². The molecule has 66 valence electrons. The molecule has 6 heteroatoms. The molecular formula is C7H3Cl2N3S. The fourth-order valence-corrected chi connectivity index (χ4v) is 1.86. The van der Waals surface area contributed by atoms with Crippen molar-refractivity contribution in [3.63, 3.8) is 0 Å². The van der Waals surface area contributed by atoms with Gasteiger partial charge in [-0.15, -0.1) is 11.3 Å². The summed E-state index contributed by atoms with van der Waals surface area (Å²) in [6.45, 7) is 0. The van der Waals surface area contributed by atoms with Gasteiger partial charge in [0.15, 0.2) is 0 Å². The molecular weight excluding hydrogens is 229 g/mol. The van der Waals surface area contributed by atoms with Gasteiger partial charge in [0.25, 0.3) is 0 Å². The predicted molar refractivity (Wildman–Crippen MR) is 53.2 cm³/mol. The number of hydrogen-bond donors (Lipinski definition) is 0. The van der Waals surface area contributed by atoms with E-state index in [2.05, 4.69) is 15.0 Å². The minimum Gasteiger partial charge on any atom is -0.243 e. The quantitative estimate of drug-likeness (QED) is 0.560. The van der Waals surface area contributed by atoms with Gasteiger partial charge in [-0.1, -0.05) is 11.6 Å². The largest absolute Gasteiger partial charge is 0.243 e. The summed E-state index contributed by atoms with van der Waals surface area (Å²) in [5.74, 6) is 0. The van der Waals surface area contributed by atoms with E-state index in [1.54, 1.807) is 12.3 Å². The first-order valence-corrected chi connectivity index (χ1v) is 4.99. The van der Waals surface area contributed by atoms with Crippen molar-refractivity contribution >= 4 is 34.5 Å². The molecule has 0 spiro atoms. The van der Waals surface area contributed by atoms with E-state index in [1.165, 1.54) is 11.3 Å². The molecule has 0 amide bonds. The van der Waals surface area contributed by atoms with Crippen molar-refractivity contribution < 1.29 is 0 Å². The summed E-state index contributed by atoms with van der Waals surface area (Å²) in [6.07, 6.45) is 1.70. The third-order valence-corrected chi connectivity index (χ3v) is 2.48. The Bertz CT molecular complexity index is 395. The normalized spacial score (nSPS) is 10.3. The van der Waals surface area contributed by atoms with Crippen molar-refractivity contribution in [1.29, 1.82) is 0 Å². The number of rotatable bonds is 1. The molecule has 0 aliphatic carbocycles. The van der Waals surface area contributed by atoms with Crippen LogP contribution >= 0.6 is 34.5 Å². The summed E-state index contributed by atoms with van der Waals surface area (Å²) in [7, 11) is 0. The van der Waals surface area contributed by atoms with Crippen LogP contribution in [0.4, 0.5) is 0 Å². The highest BCUT2D eigenvalue weighted by atomic mass is 35.5. The molecule has 0 radical (unpaired) electrons. The second-order valence-electron chi connectivity index (χ2n) is 2.18. The zero-order valence-electron chi connectivity index (χ0n) is 6.24. The first-order chi connectivity index (χ1) is 6.25. The van der Waals surface area contributed by atoms with Gasteiger partial charge < -0.3 is 0 Å². The van der Waals surface area contributed by atoms with Crippen molar-refractivity contribution in [3.05, 3.63) is 28.1 Å². The Balaban J connectivity index is 2.53. The van der Waals surface area contributed by atoms with E-state index in [0.29, 0.717) is 10.8 Å². The maximum absolute atomic E-state index is 5.71. The van der Waals surface area contributed by atoms with Crippen molar-refractivity contribution in [2.45, 2.75) is 0 Å². The molecule has 0 bridgehead atoms. The third kappa shape index (κ3) is 1.96. The molecule has 0 fully saturated rings. The monoisotopic (exact) mass is 231 g/mol. The second-order valence-corrected chi connectivity index (χ2v) is 3.80. The fraction of sp³-hybridized carbons (Fsp3) is 0. The van der Waals surface area contributed by atoms with Gasteiger partial charge in [-0.25, -0.2) is 15.0 Å². The lowest BCUT2D eigenvalue weighted by Gasteiger charge is -1.96. The average Bonchev–Trinajstić information content (AvgIpc) is 2.53. The molecule has 2 heterocycles. The Morgan fingerprint density at radius 1 is 1.23 bits per heavy atom. The van der Waals surface area contributed by atoms with Crippen LogP contribution in [0.5, 0.6) is 0 Å². The number of hydrogen-bond acceptors (Lipinski definition) is 4. The summed E-state index contributed by atoms with van der Waals surface area (Å²) < 4.78 is 0. The van der Waals surface area contributed by atoms with Gasteiger partial charge in [0.2, 0.25) is 5.28 Å². The van der Waals surface area contributed by atoms with Crippen LogP contribution in [0.2, 0.25) is 10.4 Å². The van der Waals surface area contributed by atoms with Crippen LogP contribution in [0.25, 0.3) is 10.7 Å². The third-order valence-electron chi connectivity index (χ3n) is 1.32. The molecule has 0 aliphatic heterocycles. The maximum Gasteiger partial charge on any atom is 0.224 e. The predicted octanol–water partition coefficient (Wildman–Crippen LogP) is 2.91. The zero-order chi connectivity index (χ0) is 9.26. The molecule has 2 rings (SSSR count). The van der Waals surface area contributed by atoms with E-state index < -0.39 is 0 Å². The molecule has 0 saturated carbocycles.